The van der Waals surface area contributed by atoms with Crippen LogP contribution in [0.15, 0.2) is 48.6 Å². The van der Waals surface area contributed by atoms with E-state index in [9.17, 15) is 19.4 Å². The SMILES string of the molecule is CC/C=C\C/C=C\C/C=C\C/C=C\CCCCCCCCC(=O)NC(COP(=O)([O-])OCC[N+](C)(C)C)C(O)CCCCCCCCCCCCCCCCCCCC. The predicted octanol–water partition coefficient (Wildman–Crippen LogP) is 13.4. The molecule has 0 saturated heterocycles. The topological polar surface area (TPSA) is 108 Å². The molecule has 0 aromatic carbocycles. The van der Waals surface area contributed by atoms with Crippen LogP contribution in [0.2, 0.25) is 0 Å². The predicted molar refractivity (Wildman–Crippen MR) is 251 cm³/mol. The van der Waals surface area contributed by atoms with Crippen LogP contribution in [-0.2, 0) is 18.4 Å². The third-order valence-corrected chi connectivity index (χ3v) is 11.8. The third-order valence-electron chi connectivity index (χ3n) is 10.8. The Hall–Kier alpha value is -1.54. The van der Waals surface area contributed by atoms with Crippen LogP contribution < -0.4 is 10.2 Å². The summed E-state index contributed by atoms with van der Waals surface area (Å²) in [4.78, 5) is 25.4. The van der Waals surface area contributed by atoms with Crippen LogP contribution in [-0.4, -0.2) is 68.5 Å². The number of phosphoric acid groups is 1. The molecule has 0 aromatic rings. The molecule has 8 nitrogen and oxygen atoms in total. The molecule has 9 heteroatoms. The van der Waals surface area contributed by atoms with Crippen molar-refractivity contribution in [1.29, 1.82) is 0 Å². The smallest absolute Gasteiger partial charge is 0.268 e. The van der Waals surface area contributed by atoms with Gasteiger partial charge in [-0.1, -0.05) is 204 Å². The van der Waals surface area contributed by atoms with Gasteiger partial charge in [-0.25, -0.2) is 0 Å². The van der Waals surface area contributed by atoms with Gasteiger partial charge in [0.25, 0.3) is 7.82 Å². The van der Waals surface area contributed by atoms with Crippen LogP contribution in [0.4, 0.5) is 0 Å². The summed E-state index contributed by atoms with van der Waals surface area (Å²) in [5.74, 6) is -0.179. The van der Waals surface area contributed by atoms with Crippen molar-refractivity contribution < 1.29 is 32.9 Å². The van der Waals surface area contributed by atoms with E-state index in [0.717, 1.165) is 77.0 Å². The molecule has 3 atom stereocenters. The monoisotopic (exact) mass is 851 g/mol. The Kier molecular flexibility index (Phi) is 40.7. The van der Waals surface area contributed by atoms with Crippen molar-refractivity contribution in [2.75, 3.05) is 40.9 Å². The first kappa shape index (κ1) is 57.5. The number of allylic oxidation sites excluding steroid dienone is 8. The van der Waals surface area contributed by atoms with Gasteiger partial charge in [-0.2, -0.15) is 0 Å². The molecule has 0 aromatic heterocycles. The first-order valence-electron chi connectivity index (χ1n) is 24.5. The van der Waals surface area contributed by atoms with Gasteiger partial charge in [0, 0.05) is 6.42 Å². The fraction of sp³-hybridized carbons (Fsp3) is 0.820. The molecule has 0 aliphatic carbocycles. The van der Waals surface area contributed by atoms with Crippen molar-refractivity contribution in [2.45, 2.75) is 225 Å². The summed E-state index contributed by atoms with van der Waals surface area (Å²) in [6, 6.07) is -0.809. The Morgan fingerprint density at radius 2 is 1.03 bits per heavy atom. The van der Waals surface area contributed by atoms with Gasteiger partial charge < -0.3 is 28.8 Å². The number of likely N-dealkylation sites (N-methyl/N-ethyl adjacent to an activating group) is 1. The lowest BCUT2D eigenvalue weighted by molar-refractivity contribution is -0.870. The van der Waals surface area contributed by atoms with E-state index in [4.69, 9.17) is 9.05 Å². The van der Waals surface area contributed by atoms with Crippen molar-refractivity contribution in [1.82, 2.24) is 5.32 Å². The fourth-order valence-corrected chi connectivity index (χ4v) is 7.69. The summed E-state index contributed by atoms with van der Waals surface area (Å²) >= 11 is 0. The van der Waals surface area contributed by atoms with Crippen molar-refractivity contribution >= 4 is 13.7 Å². The minimum Gasteiger partial charge on any atom is -0.756 e. The first-order valence-corrected chi connectivity index (χ1v) is 25.9. The number of carbonyl (C=O) groups excluding carboxylic acids is 1. The summed E-state index contributed by atoms with van der Waals surface area (Å²) in [7, 11) is 1.29. The Morgan fingerprint density at radius 3 is 1.51 bits per heavy atom. The summed E-state index contributed by atoms with van der Waals surface area (Å²) in [6.07, 6.45) is 52.6. The highest BCUT2D eigenvalue weighted by molar-refractivity contribution is 7.45. The van der Waals surface area contributed by atoms with E-state index in [0.29, 0.717) is 23.9 Å². The molecule has 0 saturated carbocycles. The minimum absolute atomic E-state index is 0.00754. The molecule has 0 aliphatic rings. The number of nitrogens with one attached hydrogen (secondary N) is 1. The van der Waals surface area contributed by atoms with E-state index in [1.807, 2.05) is 21.1 Å². The largest absolute Gasteiger partial charge is 0.756 e. The molecule has 59 heavy (non-hydrogen) atoms. The average molecular weight is 851 g/mol. The second-order valence-electron chi connectivity index (χ2n) is 17.8. The number of nitrogens with zero attached hydrogens (tertiary/aromatic N) is 1. The number of hydrogen-bond donors (Lipinski definition) is 2. The van der Waals surface area contributed by atoms with Gasteiger partial charge >= 0.3 is 0 Å². The Morgan fingerprint density at radius 1 is 0.610 bits per heavy atom. The van der Waals surface area contributed by atoms with E-state index in [-0.39, 0.29) is 19.1 Å². The van der Waals surface area contributed by atoms with Gasteiger partial charge in [0.05, 0.1) is 39.9 Å². The highest BCUT2D eigenvalue weighted by Crippen LogP contribution is 2.38. The zero-order chi connectivity index (χ0) is 43.6. The van der Waals surface area contributed by atoms with Crippen LogP contribution in [0.3, 0.4) is 0 Å². The van der Waals surface area contributed by atoms with Crippen molar-refractivity contribution in [3.8, 4) is 0 Å². The molecule has 0 spiro atoms. The second kappa shape index (κ2) is 41.8. The van der Waals surface area contributed by atoms with Crippen molar-refractivity contribution in [3.05, 3.63) is 48.6 Å². The Labute approximate surface area is 365 Å². The van der Waals surface area contributed by atoms with Crippen LogP contribution >= 0.6 is 7.82 Å². The number of amides is 1. The lowest BCUT2D eigenvalue weighted by atomic mass is 10.0. The molecular weight excluding hydrogens is 756 g/mol. The van der Waals surface area contributed by atoms with Gasteiger partial charge in [0.15, 0.2) is 0 Å². The fourth-order valence-electron chi connectivity index (χ4n) is 6.97. The number of hydrogen-bond acceptors (Lipinski definition) is 6. The van der Waals surface area contributed by atoms with Gasteiger partial charge in [0.2, 0.25) is 5.91 Å². The van der Waals surface area contributed by atoms with Crippen LogP contribution in [0, 0.1) is 0 Å². The Balaban J connectivity index is 4.33. The molecule has 1 amide bonds. The van der Waals surface area contributed by atoms with Gasteiger partial charge in [-0.3, -0.25) is 9.36 Å². The maximum atomic E-state index is 12.9. The van der Waals surface area contributed by atoms with Crippen LogP contribution in [0.1, 0.15) is 213 Å². The summed E-state index contributed by atoms with van der Waals surface area (Å²) in [6.45, 7) is 4.60. The Bertz CT molecular complexity index is 1100. The summed E-state index contributed by atoms with van der Waals surface area (Å²) in [5.41, 5.74) is 0. The normalized spacial score (nSPS) is 14.6. The number of aliphatic hydroxyl groups excluding tert-OH is 1. The van der Waals surface area contributed by atoms with Crippen LogP contribution in [0.25, 0.3) is 0 Å². The number of carbonyl (C=O) groups is 1. The molecule has 0 rings (SSSR count). The number of rotatable bonds is 44. The minimum atomic E-state index is -4.57. The molecule has 0 heterocycles. The lowest BCUT2D eigenvalue weighted by Gasteiger charge is -2.30. The van der Waals surface area contributed by atoms with E-state index >= 15 is 0 Å². The maximum absolute atomic E-state index is 12.9. The van der Waals surface area contributed by atoms with Gasteiger partial charge in [-0.05, 0) is 51.4 Å². The summed E-state index contributed by atoms with van der Waals surface area (Å²) in [5, 5.41) is 14.0. The number of unbranched alkanes of at least 4 members (excludes halogenated alkanes) is 23. The molecule has 2 N–H and O–H groups in total. The zero-order valence-electron chi connectivity index (χ0n) is 39.2. The maximum Gasteiger partial charge on any atom is 0.268 e. The van der Waals surface area contributed by atoms with Crippen molar-refractivity contribution in [2.24, 2.45) is 0 Å². The van der Waals surface area contributed by atoms with Gasteiger partial charge in [0.1, 0.15) is 13.2 Å². The number of phosphoric ester groups is 1. The van der Waals surface area contributed by atoms with E-state index in [1.165, 1.54) is 109 Å². The van der Waals surface area contributed by atoms with Gasteiger partial charge in [-0.15, -0.1) is 0 Å². The first-order chi connectivity index (χ1) is 28.5. The standard InChI is InChI=1S/C50H95N2O6P/c1-6-8-10-12-14-16-18-20-22-24-26-28-30-32-34-36-38-40-42-44-50(54)51-48(47-58-59(55,56)57-46-45-52(3,4)5)49(53)43-41-39-37-35-33-31-29-27-25-23-21-19-17-15-13-11-9-7-2/h8,10,14,16,20,22,26,28,48-49,53H,6-7,9,11-13,15,17-19,21,23-25,27,29-47H2,1-5H3,(H-,51,54,55,56)/b10-8-,16-14-,22-20-,28-26-. The molecule has 0 aliphatic heterocycles. The van der Waals surface area contributed by atoms with Crippen molar-refractivity contribution in [3.63, 3.8) is 0 Å². The zero-order valence-corrected chi connectivity index (χ0v) is 40.1. The molecule has 346 valence electrons. The highest BCUT2D eigenvalue weighted by atomic mass is 31.2. The lowest BCUT2D eigenvalue weighted by Crippen LogP contribution is -2.46. The van der Waals surface area contributed by atoms with E-state index in [1.54, 1.807) is 0 Å². The summed E-state index contributed by atoms with van der Waals surface area (Å²) < 4.78 is 23.3. The molecule has 3 unspecified atom stereocenters. The molecule has 0 radical (unpaired) electrons. The average Bonchev–Trinajstić information content (AvgIpc) is 3.19. The van der Waals surface area contributed by atoms with E-state index in [2.05, 4.69) is 67.8 Å². The van der Waals surface area contributed by atoms with Crippen LogP contribution in [0.5, 0.6) is 0 Å². The molecular formula is C50H95N2O6P. The number of quaternary nitrogens is 1. The quantitative estimate of drug-likeness (QED) is 0.0274. The second-order valence-corrected chi connectivity index (χ2v) is 19.2. The highest BCUT2D eigenvalue weighted by Gasteiger charge is 2.24. The third kappa shape index (κ3) is 44.3. The molecule has 0 bridgehead atoms. The van der Waals surface area contributed by atoms with E-state index < -0.39 is 20.0 Å². The number of aliphatic hydroxyl groups is 1. The molecule has 0 fully saturated rings.